The van der Waals surface area contributed by atoms with E-state index in [0.717, 1.165) is 35.5 Å². The number of carbonyl (C=O) groups is 1. The molecule has 0 unspecified atom stereocenters. The quantitative estimate of drug-likeness (QED) is 0.853. The van der Waals surface area contributed by atoms with Crippen molar-refractivity contribution in [1.82, 2.24) is 0 Å². The molecule has 0 fully saturated rings. The van der Waals surface area contributed by atoms with Crippen LogP contribution in [-0.4, -0.2) is 33.6 Å². The molecule has 4 nitrogen and oxygen atoms in total. The van der Waals surface area contributed by atoms with Gasteiger partial charge in [-0.2, -0.15) is 0 Å². The summed E-state index contributed by atoms with van der Waals surface area (Å²) in [6.07, 6.45) is 1.05. The average molecular weight is 307 g/mol. The van der Waals surface area contributed by atoms with E-state index in [1.807, 2.05) is 30.0 Å². The van der Waals surface area contributed by atoms with Crippen LogP contribution in [0.1, 0.15) is 21.5 Å². The van der Waals surface area contributed by atoms with E-state index in [1.165, 1.54) is 11.3 Å². The first-order valence-corrected chi connectivity index (χ1v) is 8.01. The van der Waals surface area contributed by atoms with Crippen LogP contribution in [0.2, 0.25) is 0 Å². The van der Waals surface area contributed by atoms with Gasteiger partial charge < -0.3 is 14.7 Å². The lowest BCUT2D eigenvalue weighted by atomic mass is 10.1. The number of nitrogens with zero attached hydrogens (tertiary/aromatic N) is 3. The highest BCUT2D eigenvalue weighted by molar-refractivity contribution is 6.10. The molecule has 0 saturated carbocycles. The molecule has 0 N–H and O–H groups in total. The van der Waals surface area contributed by atoms with E-state index >= 15 is 0 Å². The van der Waals surface area contributed by atoms with E-state index in [9.17, 15) is 4.79 Å². The summed E-state index contributed by atoms with van der Waals surface area (Å²) in [5.74, 6) is 0.106. The number of rotatable bonds is 2. The van der Waals surface area contributed by atoms with Crippen molar-refractivity contribution in [2.75, 3.05) is 42.4 Å². The second-order valence-electron chi connectivity index (χ2n) is 6.61. The Labute approximate surface area is 136 Å². The molecular formula is C19H21N3O. The summed E-state index contributed by atoms with van der Waals surface area (Å²) in [5.41, 5.74) is 6.63. The third-order valence-electron chi connectivity index (χ3n) is 4.92. The maximum absolute atomic E-state index is 12.8. The Hall–Kier alpha value is -2.49. The van der Waals surface area contributed by atoms with Gasteiger partial charge in [0.25, 0.3) is 5.91 Å². The molecule has 0 radical (unpaired) electrons. The summed E-state index contributed by atoms with van der Waals surface area (Å²) < 4.78 is 0. The van der Waals surface area contributed by atoms with Gasteiger partial charge in [-0.05, 0) is 47.9 Å². The van der Waals surface area contributed by atoms with Gasteiger partial charge in [-0.1, -0.05) is 6.07 Å². The summed E-state index contributed by atoms with van der Waals surface area (Å²) in [6.45, 7) is 1.72. The Morgan fingerprint density at radius 1 is 1.04 bits per heavy atom. The van der Waals surface area contributed by atoms with Crippen LogP contribution in [0.5, 0.6) is 0 Å². The second-order valence-corrected chi connectivity index (χ2v) is 6.61. The van der Waals surface area contributed by atoms with Crippen LogP contribution in [0.25, 0.3) is 0 Å². The highest BCUT2D eigenvalue weighted by Crippen LogP contribution is 2.35. The smallest absolute Gasteiger partial charge is 0.259 e. The molecule has 2 aromatic rings. The second kappa shape index (κ2) is 5.01. The molecule has 4 rings (SSSR count). The lowest BCUT2D eigenvalue weighted by molar-refractivity contribution is 0.0996. The standard InChI is InChI=1S/C19H21N3O/c1-20(2)15-5-4-14-12-22(19(23)17(14)11-15)16-6-7-18-13(10-16)8-9-21(18)3/h4-7,10-11H,8-9,12H2,1-3H3. The van der Waals surface area contributed by atoms with Gasteiger partial charge in [-0.3, -0.25) is 4.79 Å². The molecule has 1 amide bonds. The Morgan fingerprint density at radius 2 is 1.87 bits per heavy atom. The van der Waals surface area contributed by atoms with E-state index < -0.39 is 0 Å². The van der Waals surface area contributed by atoms with Gasteiger partial charge in [-0.15, -0.1) is 0 Å². The van der Waals surface area contributed by atoms with E-state index in [2.05, 4.69) is 42.3 Å². The summed E-state index contributed by atoms with van der Waals surface area (Å²) in [5, 5.41) is 0. The highest BCUT2D eigenvalue weighted by atomic mass is 16.2. The van der Waals surface area contributed by atoms with Gasteiger partial charge >= 0.3 is 0 Å². The number of anilines is 3. The molecule has 0 bridgehead atoms. The largest absolute Gasteiger partial charge is 0.378 e. The first-order chi connectivity index (χ1) is 11.0. The Kier molecular flexibility index (Phi) is 3.08. The highest BCUT2D eigenvalue weighted by Gasteiger charge is 2.29. The van der Waals surface area contributed by atoms with Crippen molar-refractivity contribution in [3.05, 3.63) is 53.1 Å². The van der Waals surface area contributed by atoms with Crippen molar-refractivity contribution < 1.29 is 4.79 Å². The molecule has 2 aliphatic rings. The minimum absolute atomic E-state index is 0.106. The Bertz CT molecular complexity index is 797. The summed E-state index contributed by atoms with van der Waals surface area (Å²) in [6, 6.07) is 12.5. The first-order valence-electron chi connectivity index (χ1n) is 8.01. The maximum atomic E-state index is 12.8. The lowest BCUT2D eigenvalue weighted by Crippen LogP contribution is -2.23. The van der Waals surface area contributed by atoms with E-state index in [4.69, 9.17) is 0 Å². The number of amides is 1. The number of fused-ring (bicyclic) bond motifs is 2. The normalized spacial score (nSPS) is 15.9. The summed E-state index contributed by atoms with van der Waals surface area (Å²) in [4.78, 5) is 19.0. The van der Waals surface area contributed by atoms with Gasteiger partial charge in [0.2, 0.25) is 0 Å². The van der Waals surface area contributed by atoms with Gasteiger partial charge in [0.1, 0.15) is 0 Å². The van der Waals surface area contributed by atoms with E-state index in [-0.39, 0.29) is 5.91 Å². The van der Waals surface area contributed by atoms with Gasteiger partial charge in [0.05, 0.1) is 6.54 Å². The monoisotopic (exact) mass is 307 g/mol. The fraction of sp³-hybridized carbons (Fsp3) is 0.316. The van der Waals surface area contributed by atoms with Crippen molar-refractivity contribution in [1.29, 1.82) is 0 Å². The minimum atomic E-state index is 0.106. The van der Waals surface area contributed by atoms with Crippen LogP contribution >= 0.6 is 0 Å². The van der Waals surface area contributed by atoms with Gasteiger partial charge in [0, 0.05) is 50.3 Å². The topological polar surface area (TPSA) is 26.8 Å². The first kappa shape index (κ1) is 14.1. The summed E-state index contributed by atoms with van der Waals surface area (Å²) >= 11 is 0. The molecule has 118 valence electrons. The molecule has 0 saturated heterocycles. The zero-order chi connectivity index (χ0) is 16.1. The van der Waals surface area contributed by atoms with Crippen molar-refractivity contribution >= 4 is 23.0 Å². The molecular weight excluding hydrogens is 286 g/mol. The molecule has 0 spiro atoms. The molecule has 0 aliphatic carbocycles. The molecule has 4 heteroatoms. The zero-order valence-corrected chi connectivity index (χ0v) is 13.8. The van der Waals surface area contributed by atoms with Gasteiger partial charge in [0.15, 0.2) is 0 Å². The molecule has 0 atom stereocenters. The predicted octanol–water partition coefficient (Wildman–Crippen LogP) is 2.91. The fourth-order valence-corrected chi connectivity index (χ4v) is 3.50. The number of carbonyl (C=O) groups excluding carboxylic acids is 1. The summed E-state index contributed by atoms with van der Waals surface area (Å²) in [7, 11) is 6.11. The number of hydrogen-bond donors (Lipinski definition) is 0. The van der Waals surface area contributed by atoms with E-state index in [0.29, 0.717) is 6.54 Å². The van der Waals surface area contributed by atoms with Crippen molar-refractivity contribution in [3.8, 4) is 0 Å². The molecule has 0 aromatic heterocycles. The van der Waals surface area contributed by atoms with Crippen molar-refractivity contribution in [2.45, 2.75) is 13.0 Å². The zero-order valence-electron chi connectivity index (χ0n) is 13.8. The lowest BCUT2D eigenvalue weighted by Gasteiger charge is -2.18. The molecule has 23 heavy (non-hydrogen) atoms. The molecule has 2 aromatic carbocycles. The molecule has 2 heterocycles. The van der Waals surface area contributed by atoms with Crippen molar-refractivity contribution in [3.63, 3.8) is 0 Å². The number of likely N-dealkylation sites (N-methyl/N-ethyl adjacent to an activating group) is 1. The van der Waals surface area contributed by atoms with Crippen LogP contribution in [0.3, 0.4) is 0 Å². The third-order valence-corrected chi connectivity index (χ3v) is 4.92. The molecule has 2 aliphatic heterocycles. The van der Waals surface area contributed by atoms with Crippen LogP contribution in [0.15, 0.2) is 36.4 Å². The van der Waals surface area contributed by atoms with E-state index in [1.54, 1.807) is 0 Å². The fourth-order valence-electron chi connectivity index (χ4n) is 3.50. The van der Waals surface area contributed by atoms with Crippen LogP contribution in [0, 0.1) is 0 Å². The minimum Gasteiger partial charge on any atom is -0.378 e. The number of hydrogen-bond acceptors (Lipinski definition) is 3. The van der Waals surface area contributed by atoms with Gasteiger partial charge in [-0.25, -0.2) is 0 Å². The van der Waals surface area contributed by atoms with Crippen molar-refractivity contribution in [2.24, 2.45) is 0 Å². The Morgan fingerprint density at radius 3 is 2.65 bits per heavy atom. The van der Waals surface area contributed by atoms with Crippen LogP contribution in [-0.2, 0) is 13.0 Å². The SMILES string of the molecule is CN(C)c1ccc2c(c1)C(=O)N(c1ccc3c(c1)CCN3C)C2. The van der Waals surface area contributed by atoms with Crippen LogP contribution in [0.4, 0.5) is 17.1 Å². The third kappa shape index (κ3) is 2.17. The predicted molar refractivity (Wildman–Crippen MR) is 94.7 cm³/mol. The average Bonchev–Trinajstić information content (AvgIpc) is 3.08. The van der Waals surface area contributed by atoms with Crippen LogP contribution < -0.4 is 14.7 Å². The Balaban J connectivity index is 1.68. The number of benzene rings is 2. The maximum Gasteiger partial charge on any atom is 0.259 e.